The lowest BCUT2D eigenvalue weighted by Gasteiger charge is -2.22. The van der Waals surface area contributed by atoms with Gasteiger partial charge in [-0.2, -0.15) is 4.98 Å². The number of nitrogens with two attached hydrogens (primary N) is 1. The number of rotatable bonds is 16. The number of carbonyl (C=O) groups is 1. The van der Waals surface area contributed by atoms with Crippen LogP contribution in [0.4, 0.5) is 20.4 Å². The van der Waals surface area contributed by atoms with E-state index in [-0.39, 0.29) is 52.7 Å². The van der Waals surface area contributed by atoms with Gasteiger partial charge in [0.1, 0.15) is 29.0 Å². The molecule has 1 atom stereocenters. The average Bonchev–Trinajstić information content (AvgIpc) is 2.99. The Balaban J connectivity index is 2.75. The number of phenols is 1. The van der Waals surface area contributed by atoms with Crippen LogP contribution >= 0.6 is 0 Å². The third kappa shape index (κ3) is 10.1. The van der Waals surface area contributed by atoms with Gasteiger partial charge in [0.25, 0.3) is 0 Å². The molecular formula is C33H43F2N5O4S. The number of hydrogen-bond acceptors (Lipinski definition) is 7. The topological polar surface area (TPSA) is 131 Å². The molecule has 0 aliphatic rings. The van der Waals surface area contributed by atoms with E-state index < -0.39 is 40.3 Å². The maximum atomic E-state index is 15.5. The number of allylic oxidation sites excluding steroid dienone is 6. The van der Waals surface area contributed by atoms with Crippen molar-refractivity contribution in [2.24, 2.45) is 0 Å². The van der Waals surface area contributed by atoms with Crippen molar-refractivity contribution in [3.8, 4) is 5.75 Å². The molecule has 12 heteroatoms. The summed E-state index contributed by atoms with van der Waals surface area (Å²) in [6, 6.07) is 3.65. The van der Waals surface area contributed by atoms with Crippen molar-refractivity contribution >= 4 is 40.1 Å². The molecule has 4 N–H and O–H groups in total. The van der Waals surface area contributed by atoms with Crippen LogP contribution in [0.1, 0.15) is 58.6 Å². The van der Waals surface area contributed by atoms with E-state index in [1.165, 1.54) is 18.2 Å². The van der Waals surface area contributed by atoms with Crippen LogP contribution in [0.25, 0.3) is 11.8 Å². The van der Waals surface area contributed by atoms with E-state index in [2.05, 4.69) is 16.9 Å². The van der Waals surface area contributed by atoms with Crippen molar-refractivity contribution in [1.82, 2.24) is 14.5 Å². The summed E-state index contributed by atoms with van der Waals surface area (Å²) in [4.78, 5) is 31.7. The summed E-state index contributed by atoms with van der Waals surface area (Å²) >= 11 is 0. The van der Waals surface area contributed by atoms with E-state index in [9.17, 15) is 23.3 Å². The Hall–Kier alpha value is -4.32. The summed E-state index contributed by atoms with van der Waals surface area (Å²) in [5.74, 6) is -2.62. The fraction of sp³-hybridized carbons (Fsp3) is 0.364. The lowest BCUT2D eigenvalue weighted by molar-refractivity contribution is -0.125. The number of nitrogens with one attached hydrogen (secondary N) is 1. The maximum Gasteiger partial charge on any atom is 0.355 e. The van der Waals surface area contributed by atoms with Crippen LogP contribution in [-0.4, -0.2) is 54.6 Å². The third-order valence-corrected chi connectivity index (χ3v) is 8.35. The molecule has 1 heterocycles. The van der Waals surface area contributed by atoms with Crippen molar-refractivity contribution < 1.29 is 22.9 Å². The number of carbonyl (C=O) groups excluding carboxylic acids is 1. The second-order valence-corrected chi connectivity index (χ2v) is 12.3. The van der Waals surface area contributed by atoms with Gasteiger partial charge < -0.3 is 21.1 Å². The molecule has 9 nitrogen and oxygen atoms in total. The van der Waals surface area contributed by atoms with E-state index >= 15 is 4.39 Å². The van der Waals surface area contributed by atoms with E-state index in [0.717, 1.165) is 23.1 Å². The molecule has 1 unspecified atom stereocenters. The van der Waals surface area contributed by atoms with Gasteiger partial charge in [0.15, 0.2) is 0 Å². The number of anilines is 2. The minimum absolute atomic E-state index is 0.0242. The lowest BCUT2D eigenvalue weighted by atomic mass is 10.1. The highest BCUT2D eigenvalue weighted by molar-refractivity contribution is 7.90. The molecule has 0 aliphatic carbocycles. The minimum atomic E-state index is -1.54. The van der Waals surface area contributed by atoms with Gasteiger partial charge in [-0.25, -0.2) is 18.1 Å². The number of aromatic nitrogens is 2. The fourth-order valence-corrected chi connectivity index (χ4v) is 5.45. The largest absolute Gasteiger partial charge is 0.508 e. The average molecular weight is 644 g/mol. The highest BCUT2D eigenvalue weighted by Crippen LogP contribution is 2.29. The lowest BCUT2D eigenvalue weighted by Crippen LogP contribution is -2.35. The van der Waals surface area contributed by atoms with Gasteiger partial charge in [-0.15, -0.1) is 0 Å². The highest BCUT2D eigenvalue weighted by Gasteiger charge is 2.21. The van der Waals surface area contributed by atoms with Crippen LogP contribution in [-0.2, 0) is 22.0 Å². The predicted molar refractivity (Wildman–Crippen MR) is 180 cm³/mol. The summed E-state index contributed by atoms with van der Waals surface area (Å²) in [5, 5.41) is 12.8. The first-order chi connectivity index (χ1) is 21.4. The zero-order valence-corrected chi connectivity index (χ0v) is 27.3. The number of amides is 1. The van der Waals surface area contributed by atoms with Gasteiger partial charge in [-0.05, 0) is 50.1 Å². The summed E-state index contributed by atoms with van der Waals surface area (Å²) in [5.41, 5.74) is 5.68. The first-order valence-electron chi connectivity index (χ1n) is 14.7. The molecule has 0 saturated heterocycles. The van der Waals surface area contributed by atoms with Crippen molar-refractivity contribution in [3.63, 3.8) is 0 Å². The van der Waals surface area contributed by atoms with E-state index in [1.54, 1.807) is 43.9 Å². The molecule has 0 bridgehead atoms. The summed E-state index contributed by atoms with van der Waals surface area (Å²) in [6.45, 7) is 13.4. The Morgan fingerprint density at radius 2 is 1.98 bits per heavy atom. The van der Waals surface area contributed by atoms with Crippen molar-refractivity contribution in [2.45, 2.75) is 59.1 Å². The Morgan fingerprint density at radius 1 is 1.27 bits per heavy atom. The van der Waals surface area contributed by atoms with E-state index in [4.69, 9.17) is 5.73 Å². The predicted octanol–water partition coefficient (Wildman–Crippen LogP) is 5.93. The van der Waals surface area contributed by atoms with Crippen molar-refractivity contribution in [2.75, 3.05) is 30.7 Å². The Labute approximate surface area is 266 Å². The number of benzene rings is 1. The molecule has 0 spiro atoms. The molecule has 1 aromatic heterocycles. The van der Waals surface area contributed by atoms with Crippen LogP contribution in [0.15, 0.2) is 70.7 Å². The zero-order chi connectivity index (χ0) is 33.7. The molecule has 2 aromatic rings. The molecule has 2 rings (SSSR count). The number of hydrogen-bond donors (Lipinski definition) is 3. The normalized spacial score (nSPS) is 13.4. The van der Waals surface area contributed by atoms with E-state index in [1.807, 2.05) is 19.9 Å². The van der Waals surface area contributed by atoms with Crippen LogP contribution < -0.4 is 16.7 Å². The Bertz CT molecular complexity index is 1560. The van der Waals surface area contributed by atoms with Crippen LogP contribution in [0, 0.1) is 5.82 Å². The third-order valence-electron chi connectivity index (χ3n) is 6.63. The molecule has 0 saturated carbocycles. The number of halogens is 2. The quantitative estimate of drug-likeness (QED) is 0.153. The molecule has 0 fully saturated rings. The summed E-state index contributed by atoms with van der Waals surface area (Å²) < 4.78 is 44.2. The second-order valence-electron chi connectivity index (χ2n) is 10.3. The zero-order valence-electron chi connectivity index (χ0n) is 26.5. The van der Waals surface area contributed by atoms with Crippen molar-refractivity contribution in [1.29, 1.82) is 0 Å². The van der Waals surface area contributed by atoms with Crippen LogP contribution in [0.2, 0.25) is 0 Å². The Kier molecular flexibility index (Phi) is 14.6. The van der Waals surface area contributed by atoms with Gasteiger partial charge in [0.05, 0.1) is 21.3 Å². The standard InChI is InChI=1S/C33H43F2N5O4S/c1-7-10-11-12-16-29(45(44)22(4)5)23(6)40-31(36)26(21-24(34)20-25-27(35)14-13-15-28(25)41)32(38-33(40)43)37-17-19-39(18-8-2)30(42)9-3/h9-16,21-22,41H,3,7-8,17-20,36H2,1-2,4-6H3,(H,37,38,43)/b11-10+,16-12-,24-21+,29-23-. The molecule has 244 valence electrons. The first kappa shape index (κ1) is 36.9. The number of nitrogens with zero attached hydrogens (tertiary/aromatic N) is 3. The van der Waals surface area contributed by atoms with E-state index in [0.29, 0.717) is 17.9 Å². The molecule has 0 aliphatic heterocycles. The summed E-state index contributed by atoms with van der Waals surface area (Å²) in [7, 11) is -1.54. The smallest absolute Gasteiger partial charge is 0.355 e. The summed E-state index contributed by atoms with van der Waals surface area (Å²) in [6.07, 6.45) is 10.2. The Morgan fingerprint density at radius 3 is 2.58 bits per heavy atom. The SMILES string of the molecule is C=CC(=O)N(CCC)CCNc1nc(=O)n(/C(C)=C(/C=C\C=C\CC)S(=O)C(C)C)c(N)c1/C=C(/F)Cc1c(O)cccc1F. The van der Waals surface area contributed by atoms with Crippen LogP contribution in [0.3, 0.4) is 0 Å². The number of phenolic OH excluding ortho intramolecular Hbond substituents is 1. The molecule has 0 radical (unpaired) electrons. The first-order valence-corrected chi connectivity index (χ1v) is 15.9. The fourth-order valence-electron chi connectivity index (χ4n) is 4.35. The molecule has 1 aromatic carbocycles. The van der Waals surface area contributed by atoms with Gasteiger partial charge in [-0.3, -0.25) is 9.00 Å². The number of aromatic hydroxyl groups is 1. The molecular weight excluding hydrogens is 600 g/mol. The molecule has 45 heavy (non-hydrogen) atoms. The molecule has 1 amide bonds. The monoisotopic (exact) mass is 643 g/mol. The second kappa shape index (κ2) is 17.8. The van der Waals surface area contributed by atoms with Gasteiger partial charge in [0, 0.05) is 42.6 Å². The van der Waals surface area contributed by atoms with Crippen LogP contribution in [0.5, 0.6) is 5.75 Å². The van der Waals surface area contributed by atoms with Gasteiger partial charge in [0.2, 0.25) is 5.91 Å². The highest BCUT2D eigenvalue weighted by atomic mass is 32.2. The maximum absolute atomic E-state index is 15.5. The van der Waals surface area contributed by atoms with Crippen molar-refractivity contribution in [3.05, 3.63) is 93.3 Å². The van der Waals surface area contributed by atoms with Gasteiger partial charge in [-0.1, -0.05) is 58.6 Å². The minimum Gasteiger partial charge on any atom is -0.508 e. The number of nitrogen functional groups attached to an aromatic ring is 1. The van der Waals surface area contributed by atoms with Gasteiger partial charge >= 0.3 is 5.69 Å².